The predicted molar refractivity (Wildman–Crippen MR) is 131 cm³/mol. The molecule has 2 aromatic heterocycles. The minimum atomic E-state index is -0.807. The molecule has 10 heteroatoms. The molecule has 0 unspecified atom stereocenters. The summed E-state index contributed by atoms with van der Waals surface area (Å²) in [6.45, 7) is 3.65. The lowest BCUT2D eigenvalue weighted by Gasteiger charge is -2.26. The van der Waals surface area contributed by atoms with Crippen LogP contribution in [-0.2, 0) is 9.53 Å². The van der Waals surface area contributed by atoms with Crippen molar-refractivity contribution in [1.82, 2.24) is 9.55 Å². The average molecular weight is 496 g/mol. The molecule has 0 saturated heterocycles. The minimum Gasteiger partial charge on any atom is -0.493 e. The minimum absolute atomic E-state index is 0.185. The zero-order valence-electron chi connectivity index (χ0n) is 20.0. The number of aromatic nitrogens is 2. The summed E-state index contributed by atoms with van der Waals surface area (Å²) >= 11 is 1.25. The van der Waals surface area contributed by atoms with Crippen LogP contribution >= 0.6 is 11.3 Å². The highest BCUT2D eigenvalue weighted by Gasteiger charge is 2.34. The van der Waals surface area contributed by atoms with Gasteiger partial charge in [0.15, 0.2) is 16.3 Å². The molecule has 3 aromatic rings. The first-order chi connectivity index (χ1) is 16.9. The van der Waals surface area contributed by atoms with Crippen LogP contribution in [0.2, 0.25) is 0 Å². The van der Waals surface area contributed by atoms with E-state index in [0.717, 1.165) is 5.56 Å². The Morgan fingerprint density at radius 3 is 2.34 bits per heavy atom. The van der Waals surface area contributed by atoms with Gasteiger partial charge in [0.05, 0.1) is 49.8 Å². The fourth-order valence-corrected chi connectivity index (χ4v) is 5.02. The van der Waals surface area contributed by atoms with Gasteiger partial charge >= 0.3 is 5.97 Å². The zero-order valence-corrected chi connectivity index (χ0v) is 20.8. The number of ether oxygens (including phenoxy) is 4. The molecule has 4 rings (SSSR count). The second kappa shape index (κ2) is 10.1. The highest BCUT2D eigenvalue weighted by atomic mass is 32.1. The topological polar surface area (TPSA) is 101 Å². The summed E-state index contributed by atoms with van der Waals surface area (Å²) < 4.78 is 23.8. The van der Waals surface area contributed by atoms with Gasteiger partial charge in [-0.1, -0.05) is 11.3 Å². The molecule has 0 N–H and O–H groups in total. The van der Waals surface area contributed by atoms with Gasteiger partial charge in [-0.2, -0.15) is 0 Å². The maximum absolute atomic E-state index is 13.7. The number of pyridine rings is 1. The van der Waals surface area contributed by atoms with Crippen LogP contribution in [0, 0.1) is 0 Å². The number of carbonyl (C=O) groups excluding carboxylic acids is 1. The molecule has 0 saturated carbocycles. The van der Waals surface area contributed by atoms with E-state index in [2.05, 4.69) is 9.98 Å². The van der Waals surface area contributed by atoms with Crippen molar-refractivity contribution < 1.29 is 23.7 Å². The van der Waals surface area contributed by atoms with Crippen LogP contribution in [0.5, 0.6) is 17.2 Å². The normalized spacial score (nSPS) is 15.3. The van der Waals surface area contributed by atoms with Crippen molar-refractivity contribution in [3.05, 3.63) is 78.7 Å². The lowest BCUT2D eigenvalue weighted by Crippen LogP contribution is -2.40. The van der Waals surface area contributed by atoms with Crippen molar-refractivity contribution in [2.24, 2.45) is 4.99 Å². The Morgan fingerprint density at radius 1 is 1.11 bits per heavy atom. The van der Waals surface area contributed by atoms with Gasteiger partial charge in [-0.05, 0) is 55.3 Å². The Bertz CT molecular complexity index is 1450. The molecule has 3 heterocycles. The molecule has 1 aliphatic rings. The largest absolute Gasteiger partial charge is 0.493 e. The number of methoxy groups -OCH3 is 3. The molecular weight excluding hydrogens is 470 g/mol. The van der Waals surface area contributed by atoms with Crippen molar-refractivity contribution in [3.63, 3.8) is 0 Å². The smallest absolute Gasteiger partial charge is 0.338 e. The standard InChI is InChI=1S/C25H25N3O6S/c1-6-34-24(30)20-14(2)27-25-28(23(29)19(35-25)11-15-7-9-26-10-8-15)21(20)16-12-17(31-3)22(33-5)18(13-16)32-4/h7-13,21H,6H2,1-5H3/b19-11-/t21-/m1/s1. The van der Waals surface area contributed by atoms with Crippen molar-refractivity contribution in [2.45, 2.75) is 19.9 Å². The number of benzene rings is 1. The van der Waals surface area contributed by atoms with Crippen LogP contribution in [-0.4, -0.2) is 43.5 Å². The molecule has 0 bridgehead atoms. The van der Waals surface area contributed by atoms with Crippen LogP contribution in [0.4, 0.5) is 0 Å². The van der Waals surface area contributed by atoms with Crippen LogP contribution in [0.3, 0.4) is 0 Å². The molecule has 0 spiro atoms. The first kappa shape index (κ1) is 24.2. The summed E-state index contributed by atoms with van der Waals surface area (Å²) in [7, 11) is 4.53. The molecule has 35 heavy (non-hydrogen) atoms. The van der Waals surface area contributed by atoms with Crippen molar-refractivity contribution >= 4 is 23.4 Å². The number of thiazole rings is 1. The lowest BCUT2D eigenvalue weighted by molar-refractivity contribution is -0.139. The molecule has 1 atom stereocenters. The van der Waals surface area contributed by atoms with Gasteiger partial charge in [0.25, 0.3) is 5.56 Å². The SMILES string of the molecule is CCOC(=O)C1=C(C)N=c2s/c(=C\c3ccncc3)c(=O)n2[C@@H]1c1cc(OC)c(OC)c(OC)c1. The zero-order chi connectivity index (χ0) is 25.1. The number of nitrogens with zero attached hydrogens (tertiary/aromatic N) is 3. The number of allylic oxidation sites excluding steroid dienone is 1. The molecule has 1 aliphatic heterocycles. The number of hydrogen-bond donors (Lipinski definition) is 0. The van der Waals surface area contributed by atoms with Gasteiger partial charge in [-0.15, -0.1) is 0 Å². The second-order valence-corrected chi connectivity index (χ2v) is 8.55. The maximum atomic E-state index is 13.7. The summed E-state index contributed by atoms with van der Waals surface area (Å²) in [6, 6.07) is 6.26. The van der Waals surface area contributed by atoms with Crippen molar-refractivity contribution in [3.8, 4) is 17.2 Å². The van der Waals surface area contributed by atoms with E-state index in [0.29, 0.717) is 37.8 Å². The fraction of sp³-hybridized carbons (Fsp3) is 0.280. The number of carbonyl (C=O) groups is 1. The number of fused-ring (bicyclic) bond motifs is 1. The van der Waals surface area contributed by atoms with E-state index in [1.807, 2.05) is 12.1 Å². The van der Waals surface area contributed by atoms with E-state index in [1.54, 1.807) is 44.4 Å². The third-order valence-corrected chi connectivity index (χ3v) is 6.51. The quantitative estimate of drug-likeness (QED) is 0.463. The van der Waals surface area contributed by atoms with Gasteiger partial charge in [-0.25, -0.2) is 9.79 Å². The molecule has 0 fully saturated rings. The Morgan fingerprint density at radius 2 is 1.77 bits per heavy atom. The molecule has 0 aliphatic carbocycles. The van der Waals surface area contributed by atoms with E-state index in [4.69, 9.17) is 18.9 Å². The summed E-state index contributed by atoms with van der Waals surface area (Å²) in [4.78, 5) is 35.8. The summed E-state index contributed by atoms with van der Waals surface area (Å²) in [5.41, 5.74) is 1.88. The molecule has 0 amide bonds. The Balaban J connectivity index is 2.02. The average Bonchev–Trinajstić information content (AvgIpc) is 3.16. The van der Waals surface area contributed by atoms with E-state index in [1.165, 1.54) is 37.2 Å². The highest BCUT2D eigenvalue weighted by molar-refractivity contribution is 7.07. The summed E-state index contributed by atoms with van der Waals surface area (Å²) in [5, 5.41) is 0. The molecule has 0 radical (unpaired) electrons. The van der Waals surface area contributed by atoms with Gasteiger partial charge in [0.1, 0.15) is 0 Å². The fourth-order valence-electron chi connectivity index (χ4n) is 3.98. The summed E-state index contributed by atoms with van der Waals surface area (Å²) in [6.07, 6.45) is 5.09. The molecular formula is C25H25N3O6S. The van der Waals surface area contributed by atoms with E-state index in [9.17, 15) is 9.59 Å². The molecule has 1 aromatic carbocycles. The van der Waals surface area contributed by atoms with Gasteiger partial charge in [-0.3, -0.25) is 14.3 Å². The third kappa shape index (κ3) is 4.44. The Kier molecular flexibility index (Phi) is 7.02. The van der Waals surface area contributed by atoms with Crippen LogP contribution in [0.25, 0.3) is 6.08 Å². The lowest BCUT2D eigenvalue weighted by atomic mass is 9.95. The summed E-state index contributed by atoms with van der Waals surface area (Å²) in [5.74, 6) is 0.662. The van der Waals surface area contributed by atoms with Crippen molar-refractivity contribution in [1.29, 1.82) is 0 Å². The Hall–Kier alpha value is -3.92. The third-order valence-electron chi connectivity index (χ3n) is 5.52. The van der Waals surface area contributed by atoms with E-state index >= 15 is 0 Å². The monoisotopic (exact) mass is 495 g/mol. The number of hydrogen-bond acceptors (Lipinski definition) is 9. The van der Waals surface area contributed by atoms with Crippen molar-refractivity contribution in [2.75, 3.05) is 27.9 Å². The van der Waals surface area contributed by atoms with Crippen LogP contribution < -0.4 is 29.1 Å². The number of esters is 1. The van der Waals surface area contributed by atoms with Crippen LogP contribution in [0.1, 0.15) is 31.0 Å². The Labute approximate surface area is 205 Å². The van der Waals surface area contributed by atoms with Gasteiger partial charge in [0, 0.05) is 12.4 Å². The second-order valence-electron chi connectivity index (χ2n) is 7.54. The van der Waals surface area contributed by atoms with Crippen LogP contribution in [0.15, 0.2) is 57.7 Å². The molecule has 182 valence electrons. The van der Waals surface area contributed by atoms with Gasteiger partial charge < -0.3 is 18.9 Å². The first-order valence-corrected chi connectivity index (χ1v) is 11.6. The van der Waals surface area contributed by atoms with E-state index < -0.39 is 12.0 Å². The van der Waals surface area contributed by atoms with Gasteiger partial charge in [0.2, 0.25) is 5.75 Å². The molecule has 9 nitrogen and oxygen atoms in total. The first-order valence-electron chi connectivity index (χ1n) is 10.8. The highest BCUT2D eigenvalue weighted by Crippen LogP contribution is 2.42. The maximum Gasteiger partial charge on any atom is 0.338 e. The van der Waals surface area contributed by atoms with E-state index in [-0.39, 0.29) is 17.7 Å². The number of rotatable bonds is 7. The predicted octanol–water partition coefficient (Wildman–Crippen LogP) is 2.22.